The highest BCUT2D eigenvalue weighted by atomic mass is 19.4. The number of benzene rings is 1. The first kappa shape index (κ1) is 24.7. The number of hydrogen-bond acceptors (Lipinski definition) is 7. The topological polar surface area (TPSA) is 129 Å². The number of nitrogens with two attached hydrogens (primary N) is 1. The van der Waals surface area contributed by atoms with Gasteiger partial charge in [-0.25, -0.2) is 9.78 Å². The third kappa shape index (κ3) is 4.72. The van der Waals surface area contributed by atoms with Crippen LogP contribution in [0.25, 0.3) is 28.3 Å². The first-order chi connectivity index (χ1) is 17.2. The average Bonchev–Trinajstić information content (AvgIpc) is 3.45. The van der Waals surface area contributed by atoms with E-state index in [1.807, 2.05) is 19.1 Å². The number of carbonyl (C=O) groups excluding carboxylic acids is 2. The van der Waals surface area contributed by atoms with Gasteiger partial charge in [0.15, 0.2) is 0 Å². The molecule has 10 nitrogen and oxygen atoms in total. The van der Waals surface area contributed by atoms with Crippen LogP contribution in [0.1, 0.15) is 22.9 Å². The molecule has 1 aliphatic rings. The van der Waals surface area contributed by atoms with Crippen molar-refractivity contribution in [1.82, 2.24) is 24.4 Å². The van der Waals surface area contributed by atoms with Crippen molar-refractivity contribution in [1.29, 1.82) is 0 Å². The lowest BCUT2D eigenvalue weighted by atomic mass is 10.0. The summed E-state index contributed by atoms with van der Waals surface area (Å²) in [6.45, 7) is 2.72. The molecule has 1 aliphatic heterocycles. The van der Waals surface area contributed by atoms with Gasteiger partial charge in [-0.3, -0.25) is 9.20 Å². The summed E-state index contributed by atoms with van der Waals surface area (Å²) in [5.74, 6) is 0.694. The molecule has 0 saturated carbocycles. The molecule has 2 N–H and O–H groups in total. The second kappa shape index (κ2) is 9.68. The van der Waals surface area contributed by atoms with Gasteiger partial charge in [-0.05, 0) is 30.7 Å². The fourth-order valence-corrected chi connectivity index (χ4v) is 3.82. The van der Waals surface area contributed by atoms with Crippen molar-refractivity contribution >= 4 is 18.2 Å². The van der Waals surface area contributed by atoms with E-state index in [0.717, 1.165) is 17.8 Å². The largest absolute Gasteiger partial charge is 0.453 e. The monoisotopic (exact) mass is 502 g/mol. The van der Waals surface area contributed by atoms with Crippen LogP contribution in [0.4, 0.5) is 18.0 Å². The van der Waals surface area contributed by atoms with Crippen LogP contribution in [-0.4, -0.2) is 57.1 Å². The molecule has 0 unspecified atom stereocenters. The Bertz CT molecular complexity index is 1410. The standard InChI is InChI=1S/C22H18F3N5O3.CH3NO/c1-12-3-4-13(19-27-20(33-28-19)14-9-29(10-14)21(31)32-2)7-16(12)17-8-26-18-6-5-15(11-30(17)18)22(23,24)25;2-1-3/h3-8,11,14H,9-10H2,1-2H3;1H,(H2,2,3). The molecule has 4 aromatic rings. The lowest BCUT2D eigenvalue weighted by molar-refractivity contribution is -0.137. The summed E-state index contributed by atoms with van der Waals surface area (Å²) in [5, 5.41) is 4.05. The number of pyridine rings is 1. The minimum Gasteiger partial charge on any atom is -0.453 e. The van der Waals surface area contributed by atoms with Crippen molar-refractivity contribution in [2.24, 2.45) is 5.73 Å². The smallest absolute Gasteiger partial charge is 0.417 e. The van der Waals surface area contributed by atoms with Gasteiger partial charge >= 0.3 is 12.3 Å². The lowest BCUT2D eigenvalue weighted by Crippen LogP contribution is -2.48. The number of primary amides is 1. The Labute approximate surface area is 202 Å². The van der Waals surface area contributed by atoms with Crippen molar-refractivity contribution in [2.45, 2.75) is 19.0 Å². The lowest BCUT2D eigenvalue weighted by Gasteiger charge is -2.35. The zero-order chi connectivity index (χ0) is 26.0. The maximum absolute atomic E-state index is 13.2. The molecule has 1 fully saturated rings. The molecule has 1 aromatic carbocycles. The Balaban J connectivity index is 0.000000967. The Kier molecular flexibility index (Phi) is 6.64. The van der Waals surface area contributed by atoms with Crippen LogP contribution < -0.4 is 5.73 Å². The second-order valence-corrected chi connectivity index (χ2v) is 7.98. The van der Waals surface area contributed by atoms with Crippen LogP contribution in [0.5, 0.6) is 0 Å². The van der Waals surface area contributed by atoms with Crippen LogP contribution >= 0.6 is 0 Å². The number of hydrogen-bond donors (Lipinski definition) is 1. The number of amides is 2. The van der Waals surface area contributed by atoms with Gasteiger partial charge < -0.3 is 19.9 Å². The Morgan fingerprint density at radius 2 is 1.97 bits per heavy atom. The zero-order valence-corrected chi connectivity index (χ0v) is 19.2. The Hall–Kier alpha value is -4.42. The number of rotatable bonds is 3. The van der Waals surface area contributed by atoms with E-state index < -0.39 is 17.8 Å². The molecule has 0 radical (unpaired) electrons. The van der Waals surface area contributed by atoms with E-state index in [1.54, 1.807) is 12.3 Å². The first-order valence-corrected chi connectivity index (χ1v) is 10.6. The van der Waals surface area contributed by atoms with Gasteiger partial charge in [0.2, 0.25) is 18.1 Å². The number of methoxy groups -OCH3 is 1. The summed E-state index contributed by atoms with van der Waals surface area (Å²) in [6, 6.07) is 7.82. The fraction of sp³-hybridized carbons (Fsp3) is 0.261. The summed E-state index contributed by atoms with van der Waals surface area (Å²) in [7, 11) is 1.32. The van der Waals surface area contributed by atoms with Crippen molar-refractivity contribution in [3.63, 3.8) is 0 Å². The van der Waals surface area contributed by atoms with Crippen molar-refractivity contribution < 1.29 is 32.0 Å². The number of halogens is 3. The number of carbonyl (C=O) groups is 2. The molecule has 5 rings (SSSR count). The highest BCUT2D eigenvalue weighted by Crippen LogP contribution is 2.33. The van der Waals surface area contributed by atoms with E-state index in [1.165, 1.54) is 22.5 Å². The Morgan fingerprint density at radius 3 is 2.64 bits per heavy atom. The number of likely N-dealkylation sites (tertiary alicyclic amines) is 1. The third-order valence-electron chi connectivity index (χ3n) is 5.71. The molecular weight excluding hydrogens is 481 g/mol. The van der Waals surface area contributed by atoms with Crippen molar-refractivity contribution in [3.05, 3.63) is 59.7 Å². The van der Waals surface area contributed by atoms with Crippen LogP contribution in [0, 0.1) is 6.92 Å². The van der Waals surface area contributed by atoms with Gasteiger partial charge in [-0.2, -0.15) is 18.2 Å². The predicted molar refractivity (Wildman–Crippen MR) is 121 cm³/mol. The van der Waals surface area contributed by atoms with E-state index in [9.17, 15) is 18.0 Å². The van der Waals surface area contributed by atoms with Gasteiger partial charge in [-0.15, -0.1) is 0 Å². The van der Waals surface area contributed by atoms with E-state index in [2.05, 4.69) is 25.6 Å². The number of ether oxygens (including phenoxy) is 1. The molecular formula is C23H21F3N6O4. The molecule has 0 atom stereocenters. The summed E-state index contributed by atoms with van der Waals surface area (Å²) >= 11 is 0. The minimum absolute atomic E-state index is 0.0742. The van der Waals surface area contributed by atoms with E-state index in [0.29, 0.717) is 47.3 Å². The molecule has 4 heterocycles. The van der Waals surface area contributed by atoms with Crippen molar-refractivity contribution in [2.75, 3.05) is 20.2 Å². The van der Waals surface area contributed by atoms with E-state index in [-0.39, 0.29) is 12.3 Å². The maximum atomic E-state index is 13.2. The zero-order valence-electron chi connectivity index (χ0n) is 19.2. The second-order valence-electron chi connectivity index (χ2n) is 7.98. The quantitative estimate of drug-likeness (QED) is 0.424. The summed E-state index contributed by atoms with van der Waals surface area (Å²) < 4.78 is 51.2. The fourth-order valence-electron chi connectivity index (χ4n) is 3.82. The van der Waals surface area contributed by atoms with Gasteiger partial charge in [-0.1, -0.05) is 17.3 Å². The Morgan fingerprint density at radius 1 is 1.25 bits per heavy atom. The first-order valence-electron chi connectivity index (χ1n) is 10.6. The third-order valence-corrected chi connectivity index (χ3v) is 5.71. The molecule has 0 spiro atoms. The number of nitrogens with zero attached hydrogens (tertiary/aromatic N) is 5. The van der Waals surface area contributed by atoms with Crippen LogP contribution in [0.2, 0.25) is 0 Å². The van der Waals surface area contributed by atoms with Crippen LogP contribution in [0.15, 0.2) is 47.2 Å². The number of aromatic nitrogens is 4. The molecule has 36 heavy (non-hydrogen) atoms. The summed E-state index contributed by atoms with van der Waals surface area (Å²) in [4.78, 5) is 30.3. The van der Waals surface area contributed by atoms with Gasteiger partial charge in [0.1, 0.15) is 5.65 Å². The average molecular weight is 502 g/mol. The number of fused-ring (bicyclic) bond motifs is 1. The summed E-state index contributed by atoms with van der Waals surface area (Å²) in [5.41, 5.74) is 6.54. The maximum Gasteiger partial charge on any atom is 0.417 e. The molecule has 0 bridgehead atoms. The molecule has 188 valence electrons. The summed E-state index contributed by atoms with van der Waals surface area (Å²) in [6.07, 6.45) is -2.03. The van der Waals surface area contributed by atoms with Crippen LogP contribution in [0.3, 0.4) is 0 Å². The number of imidazole rings is 1. The van der Waals surface area contributed by atoms with Gasteiger partial charge in [0.05, 0.1) is 30.5 Å². The molecule has 13 heteroatoms. The molecule has 3 aromatic heterocycles. The normalized spacial score (nSPS) is 13.6. The highest BCUT2D eigenvalue weighted by Gasteiger charge is 2.36. The molecule has 1 saturated heterocycles. The van der Waals surface area contributed by atoms with Gasteiger partial charge in [0.25, 0.3) is 0 Å². The van der Waals surface area contributed by atoms with E-state index in [4.69, 9.17) is 9.32 Å². The van der Waals surface area contributed by atoms with Crippen molar-refractivity contribution in [3.8, 4) is 22.6 Å². The van der Waals surface area contributed by atoms with E-state index >= 15 is 0 Å². The van der Waals surface area contributed by atoms with Crippen LogP contribution in [-0.2, 0) is 15.7 Å². The molecule has 0 aliphatic carbocycles. The minimum atomic E-state index is -4.46. The number of aryl methyl sites for hydroxylation is 1. The SMILES string of the molecule is COC(=O)N1CC(c2nc(-c3ccc(C)c(-c4cnc5ccc(C(F)(F)F)cn45)c3)no2)C1.NC=O. The predicted octanol–water partition coefficient (Wildman–Crippen LogP) is 3.65. The van der Waals surface area contributed by atoms with Gasteiger partial charge in [0, 0.05) is 30.4 Å². The highest BCUT2D eigenvalue weighted by molar-refractivity contribution is 5.73. The number of alkyl halides is 3. The molecule has 2 amide bonds.